The van der Waals surface area contributed by atoms with Crippen molar-refractivity contribution in [2.75, 3.05) is 13.7 Å². The molecule has 34 heavy (non-hydrogen) atoms. The predicted octanol–water partition coefficient (Wildman–Crippen LogP) is 5.40. The Balaban J connectivity index is 1.98. The fourth-order valence-electron chi connectivity index (χ4n) is 4.35. The first kappa shape index (κ1) is 23.2. The highest BCUT2D eigenvalue weighted by atomic mass is 16.5. The van der Waals surface area contributed by atoms with Gasteiger partial charge in [0.25, 0.3) is 11.5 Å². The number of carbonyl (C=O) groups is 1. The van der Waals surface area contributed by atoms with Gasteiger partial charge in [0, 0.05) is 12.1 Å². The fourth-order valence-corrected chi connectivity index (χ4v) is 4.35. The largest absolute Gasteiger partial charge is 0.495 e. The van der Waals surface area contributed by atoms with Gasteiger partial charge in [0.15, 0.2) is 0 Å². The molecule has 4 aromatic rings. The van der Waals surface area contributed by atoms with Crippen LogP contribution in [0.25, 0.3) is 16.6 Å². The van der Waals surface area contributed by atoms with Crippen LogP contribution in [-0.4, -0.2) is 34.0 Å². The minimum atomic E-state index is -0.408. The Morgan fingerprint density at radius 1 is 0.971 bits per heavy atom. The Labute approximate surface area is 199 Å². The van der Waals surface area contributed by atoms with Gasteiger partial charge in [-0.1, -0.05) is 56.3 Å². The number of amides is 1. The lowest BCUT2D eigenvalue weighted by atomic mass is 10.1. The maximum atomic E-state index is 13.8. The lowest BCUT2D eigenvalue weighted by Crippen LogP contribution is -2.39. The first-order valence-electron chi connectivity index (χ1n) is 11.6. The molecule has 1 heterocycles. The molecule has 0 aliphatic rings. The van der Waals surface area contributed by atoms with Gasteiger partial charge in [-0.05, 0) is 49.2 Å². The molecule has 0 N–H and O–H groups in total. The molecule has 0 spiro atoms. The number of carbonyl (C=O) groups excluding carboxylic acids is 1. The molecule has 6 nitrogen and oxygen atoms in total. The maximum Gasteiger partial charge on any atom is 0.266 e. The Bertz CT molecular complexity index is 1350. The van der Waals surface area contributed by atoms with Crippen molar-refractivity contribution < 1.29 is 9.53 Å². The highest BCUT2D eigenvalue weighted by Crippen LogP contribution is 2.30. The van der Waals surface area contributed by atoms with Gasteiger partial charge in [-0.25, -0.2) is 4.98 Å². The molecule has 0 saturated heterocycles. The number of hydrogen-bond acceptors (Lipinski definition) is 4. The van der Waals surface area contributed by atoms with Crippen molar-refractivity contribution in [3.8, 4) is 11.4 Å². The number of hydrogen-bond donors (Lipinski definition) is 0. The van der Waals surface area contributed by atoms with Crippen LogP contribution < -0.4 is 10.3 Å². The molecule has 3 aromatic carbocycles. The van der Waals surface area contributed by atoms with E-state index < -0.39 is 6.04 Å². The topological polar surface area (TPSA) is 64.4 Å². The number of nitrogens with zero attached hydrogens (tertiary/aromatic N) is 3. The van der Waals surface area contributed by atoms with Crippen LogP contribution in [0.2, 0.25) is 0 Å². The van der Waals surface area contributed by atoms with E-state index in [2.05, 4.69) is 0 Å². The smallest absolute Gasteiger partial charge is 0.266 e. The van der Waals surface area contributed by atoms with Gasteiger partial charge in [-0.2, -0.15) is 0 Å². The van der Waals surface area contributed by atoms with Gasteiger partial charge in [0.2, 0.25) is 0 Å². The Kier molecular flexibility index (Phi) is 7.07. The maximum absolute atomic E-state index is 13.8. The van der Waals surface area contributed by atoms with Gasteiger partial charge in [0.1, 0.15) is 11.6 Å². The van der Waals surface area contributed by atoms with E-state index in [1.165, 1.54) is 0 Å². The van der Waals surface area contributed by atoms with Crippen molar-refractivity contribution in [3.63, 3.8) is 0 Å². The summed E-state index contributed by atoms with van der Waals surface area (Å²) in [6.45, 7) is 4.60. The summed E-state index contributed by atoms with van der Waals surface area (Å²) in [6.07, 6.45) is 1.38. The van der Waals surface area contributed by atoms with Crippen molar-refractivity contribution in [2.24, 2.45) is 0 Å². The number of benzene rings is 3. The van der Waals surface area contributed by atoms with E-state index in [4.69, 9.17) is 9.72 Å². The van der Waals surface area contributed by atoms with Gasteiger partial charge in [-0.3, -0.25) is 14.2 Å². The van der Waals surface area contributed by atoms with Crippen molar-refractivity contribution >= 4 is 16.8 Å². The molecule has 1 unspecified atom stereocenters. The number of ether oxygens (including phenoxy) is 1. The summed E-state index contributed by atoms with van der Waals surface area (Å²) >= 11 is 0. The van der Waals surface area contributed by atoms with Gasteiger partial charge in [0.05, 0.1) is 29.7 Å². The monoisotopic (exact) mass is 455 g/mol. The molecule has 0 aliphatic heterocycles. The molecule has 174 valence electrons. The molecule has 1 atom stereocenters. The molecule has 0 saturated carbocycles. The van der Waals surface area contributed by atoms with Crippen LogP contribution in [0.4, 0.5) is 0 Å². The van der Waals surface area contributed by atoms with Crippen LogP contribution in [0.1, 0.15) is 48.9 Å². The molecule has 0 bridgehead atoms. The van der Waals surface area contributed by atoms with Crippen LogP contribution in [0.3, 0.4) is 0 Å². The first-order chi connectivity index (χ1) is 16.6. The van der Waals surface area contributed by atoms with E-state index in [1.54, 1.807) is 17.7 Å². The van der Waals surface area contributed by atoms with Gasteiger partial charge >= 0.3 is 0 Å². The summed E-state index contributed by atoms with van der Waals surface area (Å²) in [7, 11) is 1.58. The zero-order valence-electron chi connectivity index (χ0n) is 19.8. The molecule has 0 aliphatic carbocycles. The summed E-state index contributed by atoms with van der Waals surface area (Å²) in [5.74, 6) is 1.01. The number of aromatic nitrogens is 2. The average Bonchev–Trinajstić information content (AvgIpc) is 2.89. The average molecular weight is 456 g/mol. The second kappa shape index (κ2) is 10.3. The number of methoxy groups -OCH3 is 1. The third kappa shape index (κ3) is 4.31. The Hall–Kier alpha value is -3.93. The van der Waals surface area contributed by atoms with E-state index in [9.17, 15) is 9.59 Å². The minimum absolute atomic E-state index is 0.0803. The second-order valence-corrected chi connectivity index (χ2v) is 8.09. The van der Waals surface area contributed by atoms with Crippen LogP contribution in [0.15, 0.2) is 83.7 Å². The molecule has 1 aromatic heterocycles. The molecule has 1 amide bonds. The zero-order valence-corrected chi connectivity index (χ0v) is 19.8. The number of fused-ring (bicyclic) bond motifs is 1. The molecular formula is C28H29N3O3. The quantitative estimate of drug-likeness (QED) is 0.357. The van der Waals surface area contributed by atoms with Gasteiger partial charge in [-0.15, -0.1) is 0 Å². The lowest BCUT2D eigenvalue weighted by molar-refractivity contribution is 0.0659. The summed E-state index contributed by atoms with van der Waals surface area (Å²) in [6, 6.07) is 23.5. The fraction of sp³-hybridized carbons (Fsp3) is 0.250. The molecule has 4 rings (SSSR count). The number of rotatable bonds is 8. The van der Waals surface area contributed by atoms with Crippen molar-refractivity contribution in [1.82, 2.24) is 14.5 Å². The van der Waals surface area contributed by atoms with Crippen LogP contribution in [0, 0.1) is 0 Å². The SMILES string of the molecule is CCCN(C(=O)c1ccccc1)C(CC)c1nc2ccccc2c(=O)n1-c1ccccc1OC. The normalized spacial score (nSPS) is 11.9. The van der Waals surface area contributed by atoms with E-state index in [0.717, 1.165) is 6.42 Å². The Morgan fingerprint density at radius 3 is 2.35 bits per heavy atom. The van der Waals surface area contributed by atoms with E-state index in [-0.39, 0.29) is 11.5 Å². The second-order valence-electron chi connectivity index (χ2n) is 8.09. The zero-order chi connectivity index (χ0) is 24.1. The summed E-state index contributed by atoms with van der Waals surface area (Å²) < 4.78 is 7.20. The standard InChI is InChI=1S/C28H29N3O3/c1-4-19-30(27(32)20-13-7-6-8-14-20)23(5-2)26-29-22-16-10-9-15-21(22)28(33)31(26)24-17-11-12-18-25(24)34-3/h6-18,23H,4-5,19H2,1-3H3. The third-order valence-corrected chi connectivity index (χ3v) is 5.93. The first-order valence-corrected chi connectivity index (χ1v) is 11.6. The van der Waals surface area contributed by atoms with Crippen molar-refractivity contribution in [3.05, 3.63) is 101 Å². The van der Waals surface area contributed by atoms with E-state index in [0.29, 0.717) is 46.7 Å². The van der Waals surface area contributed by atoms with Crippen LogP contribution in [0.5, 0.6) is 5.75 Å². The van der Waals surface area contributed by atoms with E-state index >= 15 is 0 Å². The van der Waals surface area contributed by atoms with Crippen LogP contribution in [-0.2, 0) is 0 Å². The number of para-hydroxylation sites is 3. The molecule has 0 radical (unpaired) electrons. The lowest BCUT2D eigenvalue weighted by Gasteiger charge is -2.32. The predicted molar refractivity (Wildman–Crippen MR) is 135 cm³/mol. The highest BCUT2D eigenvalue weighted by molar-refractivity contribution is 5.94. The summed E-state index contributed by atoms with van der Waals surface area (Å²) in [5.41, 5.74) is 1.63. The molecule has 0 fully saturated rings. The third-order valence-electron chi connectivity index (χ3n) is 5.93. The minimum Gasteiger partial charge on any atom is -0.495 e. The summed E-state index contributed by atoms with van der Waals surface area (Å²) in [5, 5.41) is 0.517. The Morgan fingerprint density at radius 2 is 1.65 bits per heavy atom. The van der Waals surface area contributed by atoms with Crippen molar-refractivity contribution in [2.45, 2.75) is 32.7 Å². The van der Waals surface area contributed by atoms with E-state index in [1.807, 2.05) is 91.5 Å². The van der Waals surface area contributed by atoms with Gasteiger partial charge < -0.3 is 9.64 Å². The molecule has 6 heteroatoms. The van der Waals surface area contributed by atoms with Crippen LogP contribution >= 0.6 is 0 Å². The summed E-state index contributed by atoms with van der Waals surface area (Å²) in [4.78, 5) is 34.2. The van der Waals surface area contributed by atoms with Crippen molar-refractivity contribution in [1.29, 1.82) is 0 Å². The molecular weight excluding hydrogens is 426 g/mol. The highest BCUT2D eigenvalue weighted by Gasteiger charge is 2.29.